The smallest absolute Gasteiger partial charge is 0.332 e. The lowest BCUT2D eigenvalue weighted by Gasteiger charge is -2.26. The molecule has 0 aromatic carbocycles. The lowest BCUT2D eigenvalue weighted by Crippen LogP contribution is -2.37. The summed E-state index contributed by atoms with van der Waals surface area (Å²) in [4.78, 5) is 28.7. The van der Waals surface area contributed by atoms with Gasteiger partial charge in [0, 0.05) is 21.1 Å². The van der Waals surface area contributed by atoms with Crippen LogP contribution >= 0.6 is 0 Å². The maximum atomic E-state index is 12.3. The van der Waals surface area contributed by atoms with Gasteiger partial charge in [-0.2, -0.15) is 4.98 Å². The first-order valence-corrected chi connectivity index (χ1v) is 7.69. The Morgan fingerprint density at radius 2 is 1.82 bits per heavy atom. The van der Waals surface area contributed by atoms with Gasteiger partial charge >= 0.3 is 5.69 Å². The fourth-order valence-electron chi connectivity index (χ4n) is 3.24. The second-order valence-corrected chi connectivity index (χ2v) is 6.34. The summed E-state index contributed by atoms with van der Waals surface area (Å²) in [5, 5.41) is 0. The summed E-state index contributed by atoms with van der Waals surface area (Å²) in [6.45, 7) is 2.23. The minimum atomic E-state index is -0.381. The van der Waals surface area contributed by atoms with E-state index in [1.165, 1.54) is 18.0 Å². The van der Waals surface area contributed by atoms with Crippen LogP contribution in [0.4, 0.5) is 0 Å². The van der Waals surface area contributed by atoms with Crippen molar-refractivity contribution in [1.29, 1.82) is 0 Å². The number of nitrogens with zero attached hydrogens (tertiary/aromatic N) is 4. The Hall–Kier alpha value is -2.05. The van der Waals surface area contributed by atoms with Gasteiger partial charge in [0.25, 0.3) is 11.6 Å². The van der Waals surface area contributed by atoms with Crippen LogP contribution in [0.2, 0.25) is 0 Å². The van der Waals surface area contributed by atoms with E-state index in [2.05, 4.69) is 11.9 Å². The Kier molecular flexibility index (Phi) is 3.58. The number of rotatable bonds is 2. The summed E-state index contributed by atoms with van der Waals surface area (Å²) < 4.78 is 10.1. The van der Waals surface area contributed by atoms with Gasteiger partial charge < -0.3 is 4.74 Å². The lowest BCUT2D eigenvalue weighted by molar-refractivity contribution is 0.115. The van der Waals surface area contributed by atoms with Crippen molar-refractivity contribution in [3.05, 3.63) is 20.8 Å². The summed E-state index contributed by atoms with van der Waals surface area (Å²) in [5.74, 6) is 0.644. The highest BCUT2D eigenvalue weighted by atomic mass is 16.5. The Morgan fingerprint density at radius 1 is 1.09 bits per heavy atom. The first-order chi connectivity index (χ1) is 10.4. The van der Waals surface area contributed by atoms with E-state index in [4.69, 9.17) is 4.74 Å². The highest BCUT2D eigenvalue weighted by Crippen LogP contribution is 2.27. The molecule has 0 saturated heterocycles. The largest absolute Gasteiger partial charge is 0.461 e. The zero-order chi connectivity index (χ0) is 16.0. The van der Waals surface area contributed by atoms with Crippen molar-refractivity contribution in [1.82, 2.24) is 18.7 Å². The van der Waals surface area contributed by atoms with Crippen molar-refractivity contribution in [3.8, 4) is 6.01 Å². The van der Waals surface area contributed by atoms with Crippen molar-refractivity contribution < 1.29 is 4.74 Å². The number of aromatic nitrogens is 4. The van der Waals surface area contributed by atoms with Crippen LogP contribution in [0.15, 0.2) is 9.59 Å². The molecular formula is C15H22N4O3. The summed E-state index contributed by atoms with van der Waals surface area (Å²) in [5.41, 5.74) is 0.0336. The summed E-state index contributed by atoms with van der Waals surface area (Å²) in [6, 6.07) is 0.410. The SMILES string of the molecule is C[C@@H]1CCC[C@@H](Oc2nc3c(c(=O)n(C)c(=O)n3C)n2C)C1. The van der Waals surface area contributed by atoms with E-state index in [9.17, 15) is 9.59 Å². The Balaban J connectivity index is 2.07. The topological polar surface area (TPSA) is 71.1 Å². The van der Waals surface area contributed by atoms with Crippen molar-refractivity contribution in [3.63, 3.8) is 0 Å². The van der Waals surface area contributed by atoms with Crippen LogP contribution in [0.1, 0.15) is 32.6 Å². The van der Waals surface area contributed by atoms with E-state index in [0.717, 1.165) is 23.8 Å². The van der Waals surface area contributed by atoms with Gasteiger partial charge in [0.05, 0.1) is 0 Å². The number of hydrogen-bond acceptors (Lipinski definition) is 4. The lowest BCUT2D eigenvalue weighted by atomic mass is 9.89. The molecule has 0 spiro atoms. The average Bonchev–Trinajstić information content (AvgIpc) is 2.80. The fourth-order valence-corrected chi connectivity index (χ4v) is 3.24. The molecule has 0 N–H and O–H groups in total. The maximum Gasteiger partial charge on any atom is 0.332 e. The average molecular weight is 306 g/mol. The number of aryl methyl sites for hydroxylation is 2. The third kappa shape index (κ3) is 2.24. The Bertz CT molecular complexity index is 830. The molecule has 0 bridgehead atoms. The van der Waals surface area contributed by atoms with Crippen molar-refractivity contribution in [2.24, 2.45) is 27.1 Å². The van der Waals surface area contributed by atoms with Crippen LogP contribution in [0.3, 0.4) is 0 Å². The van der Waals surface area contributed by atoms with Crippen molar-refractivity contribution in [2.45, 2.75) is 38.7 Å². The van der Waals surface area contributed by atoms with Crippen LogP contribution in [-0.4, -0.2) is 24.8 Å². The minimum Gasteiger partial charge on any atom is -0.461 e. The minimum absolute atomic E-state index is 0.125. The summed E-state index contributed by atoms with van der Waals surface area (Å²) >= 11 is 0. The summed E-state index contributed by atoms with van der Waals surface area (Å²) in [6.07, 6.45) is 4.51. The van der Waals surface area contributed by atoms with Gasteiger partial charge in [-0.05, 0) is 25.2 Å². The van der Waals surface area contributed by atoms with Crippen LogP contribution in [0.5, 0.6) is 6.01 Å². The standard InChI is InChI=1S/C15H22N4O3/c1-9-6-5-7-10(8-9)22-14-16-12-11(17(14)2)13(20)19(4)15(21)18(12)3/h9-10H,5-8H2,1-4H3/t9-,10-/m1/s1. The molecule has 0 aliphatic heterocycles. The van der Waals surface area contributed by atoms with E-state index in [1.807, 2.05) is 0 Å². The first-order valence-electron chi connectivity index (χ1n) is 7.69. The Morgan fingerprint density at radius 3 is 2.50 bits per heavy atom. The van der Waals surface area contributed by atoms with Gasteiger partial charge in [-0.3, -0.25) is 18.5 Å². The molecule has 0 radical (unpaired) electrons. The molecule has 2 atom stereocenters. The van der Waals surface area contributed by atoms with E-state index >= 15 is 0 Å². The molecule has 7 nitrogen and oxygen atoms in total. The quantitative estimate of drug-likeness (QED) is 0.827. The Labute approximate surface area is 128 Å². The van der Waals surface area contributed by atoms with Crippen LogP contribution in [0.25, 0.3) is 11.2 Å². The van der Waals surface area contributed by atoms with E-state index in [0.29, 0.717) is 23.1 Å². The van der Waals surface area contributed by atoms with Crippen LogP contribution < -0.4 is 16.0 Å². The zero-order valence-electron chi connectivity index (χ0n) is 13.5. The second kappa shape index (κ2) is 5.30. The molecule has 120 valence electrons. The van der Waals surface area contributed by atoms with Crippen LogP contribution in [-0.2, 0) is 21.1 Å². The van der Waals surface area contributed by atoms with Gasteiger partial charge in [-0.1, -0.05) is 13.3 Å². The highest BCUT2D eigenvalue weighted by Gasteiger charge is 2.24. The third-order valence-corrected chi connectivity index (χ3v) is 4.59. The molecule has 2 aromatic rings. The van der Waals surface area contributed by atoms with Crippen LogP contribution in [0, 0.1) is 5.92 Å². The second-order valence-electron chi connectivity index (χ2n) is 6.34. The van der Waals surface area contributed by atoms with E-state index < -0.39 is 0 Å². The molecule has 0 unspecified atom stereocenters. The molecule has 2 heterocycles. The molecule has 3 rings (SSSR count). The number of fused-ring (bicyclic) bond motifs is 1. The third-order valence-electron chi connectivity index (χ3n) is 4.59. The van der Waals surface area contributed by atoms with Gasteiger partial charge in [-0.25, -0.2) is 4.79 Å². The predicted octanol–water partition coefficient (Wildman–Crippen LogP) is 0.928. The van der Waals surface area contributed by atoms with E-state index in [1.54, 1.807) is 18.7 Å². The molecule has 22 heavy (non-hydrogen) atoms. The number of imidazole rings is 1. The normalized spacial score (nSPS) is 22.2. The van der Waals surface area contributed by atoms with Crippen molar-refractivity contribution >= 4 is 11.2 Å². The molecular weight excluding hydrogens is 284 g/mol. The molecule has 7 heteroatoms. The number of hydrogen-bond donors (Lipinski definition) is 0. The molecule has 1 saturated carbocycles. The monoisotopic (exact) mass is 306 g/mol. The highest BCUT2D eigenvalue weighted by molar-refractivity contribution is 5.71. The van der Waals surface area contributed by atoms with Gasteiger partial charge in [0.15, 0.2) is 11.2 Å². The maximum absolute atomic E-state index is 12.3. The molecule has 1 aliphatic carbocycles. The van der Waals surface area contributed by atoms with Gasteiger partial charge in [0.1, 0.15) is 6.10 Å². The van der Waals surface area contributed by atoms with Gasteiger partial charge in [-0.15, -0.1) is 0 Å². The van der Waals surface area contributed by atoms with E-state index in [-0.39, 0.29) is 17.4 Å². The summed E-state index contributed by atoms with van der Waals surface area (Å²) in [7, 11) is 4.84. The fraction of sp³-hybridized carbons (Fsp3) is 0.667. The molecule has 1 fully saturated rings. The van der Waals surface area contributed by atoms with Gasteiger partial charge in [0.2, 0.25) is 0 Å². The molecule has 0 amide bonds. The number of ether oxygens (including phenoxy) is 1. The molecule has 1 aliphatic rings. The first kappa shape index (κ1) is 14.9. The molecule has 2 aromatic heterocycles. The predicted molar refractivity (Wildman–Crippen MR) is 83.2 cm³/mol. The van der Waals surface area contributed by atoms with Crippen molar-refractivity contribution in [2.75, 3.05) is 0 Å². The zero-order valence-corrected chi connectivity index (χ0v) is 13.5.